The Kier molecular flexibility index (Phi) is 4.81. The van der Waals surface area contributed by atoms with E-state index in [4.69, 9.17) is 15.5 Å². The molecule has 4 aliphatic rings. The minimum Gasteiger partial charge on any atom is -0.381 e. The predicted molar refractivity (Wildman–Crippen MR) is 134 cm³/mol. The summed E-state index contributed by atoms with van der Waals surface area (Å²) in [6, 6.07) is 11.7. The van der Waals surface area contributed by atoms with E-state index in [1.807, 2.05) is 34.9 Å². The van der Waals surface area contributed by atoms with Crippen LogP contribution < -0.4 is 11.1 Å². The topological polar surface area (TPSA) is 81.7 Å². The van der Waals surface area contributed by atoms with Crippen LogP contribution in [0.1, 0.15) is 48.0 Å². The van der Waals surface area contributed by atoms with Crippen LogP contribution in [0.2, 0.25) is 0 Å². The molecule has 0 radical (unpaired) electrons. The number of fused-ring (bicyclic) bond motifs is 4. The molecule has 1 aliphatic heterocycles. The lowest BCUT2D eigenvalue weighted by Crippen LogP contribution is -2.38. The number of nitrogens with two attached hydrogens (primary N) is 1. The molecular weight excluding hydrogens is 463 g/mol. The lowest BCUT2D eigenvalue weighted by atomic mass is 9.65. The van der Waals surface area contributed by atoms with Crippen molar-refractivity contribution in [1.29, 1.82) is 0 Å². The molecule has 1 unspecified atom stereocenters. The Hall–Kier alpha value is -2.81. The summed E-state index contributed by atoms with van der Waals surface area (Å²) in [7, 11) is 0. The molecule has 1 atom stereocenters. The van der Waals surface area contributed by atoms with Crippen LogP contribution in [0, 0.1) is 11.7 Å². The Morgan fingerprint density at radius 3 is 2.74 bits per heavy atom. The molecule has 2 aromatic heterocycles. The average Bonchev–Trinajstić information content (AvgIpc) is 3.56. The first-order chi connectivity index (χ1) is 17.0. The number of carbonyl (C=O) groups is 1. The highest BCUT2D eigenvalue weighted by Gasteiger charge is 2.55. The highest BCUT2D eigenvalue weighted by Crippen LogP contribution is 2.59. The zero-order chi connectivity index (χ0) is 23.7. The Morgan fingerprint density at radius 2 is 2.00 bits per heavy atom. The number of thiazole rings is 1. The second-order valence-electron chi connectivity index (χ2n) is 10.4. The SMILES string of the molecule is NC1CC2(c3ccc(-c4cn5c(n4)sc4cc(C(=O)NC6CCOCC6)ccc45)c(F)c3)CC1C2. The maximum absolute atomic E-state index is 15.2. The normalized spacial score (nSPS) is 26.3. The zero-order valence-corrected chi connectivity index (χ0v) is 20.1. The first-order valence-electron chi connectivity index (χ1n) is 12.4. The van der Waals surface area contributed by atoms with Crippen LogP contribution in [0.4, 0.5) is 4.39 Å². The summed E-state index contributed by atoms with van der Waals surface area (Å²) in [5.74, 6) is 0.301. The summed E-state index contributed by atoms with van der Waals surface area (Å²) in [6.45, 7) is 1.38. The average molecular weight is 491 g/mol. The largest absolute Gasteiger partial charge is 0.381 e. The standard InChI is InChI=1S/C27H27FN4O2S/c28-20-10-17(27-11-16(12-27)21(29)13-27)2-3-19(20)22-14-32-23-4-1-15(9-24(23)35-26(32)31-22)25(33)30-18-5-7-34-8-6-18/h1-4,9-10,14,16,18,21H,5-8,11-13,29H2,(H,30,33). The van der Waals surface area contributed by atoms with Crippen LogP contribution in [0.5, 0.6) is 0 Å². The molecule has 4 aromatic rings. The van der Waals surface area contributed by atoms with Crippen molar-refractivity contribution in [3.05, 3.63) is 59.5 Å². The molecule has 8 heteroatoms. The van der Waals surface area contributed by atoms with E-state index in [0.717, 1.165) is 52.8 Å². The highest BCUT2D eigenvalue weighted by molar-refractivity contribution is 7.23. The summed E-state index contributed by atoms with van der Waals surface area (Å²) >= 11 is 1.51. The second kappa shape index (κ2) is 7.85. The first-order valence-corrected chi connectivity index (χ1v) is 13.2. The van der Waals surface area contributed by atoms with Crippen LogP contribution in [-0.2, 0) is 10.2 Å². The van der Waals surface area contributed by atoms with Gasteiger partial charge in [0, 0.05) is 42.6 Å². The van der Waals surface area contributed by atoms with Gasteiger partial charge in [0.1, 0.15) is 5.82 Å². The van der Waals surface area contributed by atoms with E-state index in [0.29, 0.717) is 36.0 Å². The Bertz CT molecular complexity index is 1460. The Balaban J connectivity index is 1.16. The molecule has 0 spiro atoms. The fourth-order valence-corrected chi connectivity index (χ4v) is 7.37. The molecule has 180 valence electrons. The molecule has 1 saturated heterocycles. The monoisotopic (exact) mass is 490 g/mol. The third-order valence-electron chi connectivity index (χ3n) is 8.31. The summed E-state index contributed by atoms with van der Waals surface area (Å²) < 4.78 is 23.6. The quantitative estimate of drug-likeness (QED) is 0.437. The van der Waals surface area contributed by atoms with Gasteiger partial charge in [0.15, 0.2) is 4.96 Å². The second-order valence-corrected chi connectivity index (χ2v) is 11.4. The fourth-order valence-electron chi connectivity index (χ4n) is 6.32. The molecule has 35 heavy (non-hydrogen) atoms. The van der Waals surface area contributed by atoms with Crippen LogP contribution in [0.15, 0.2) is 42.6 Å². The van der Waals surface area contributed by atoms with E-state index in [-0.39, 0.29) is 29.2 Å². The minimum absolute atomic E-state index is 0.0619. The van der Waals surface area contributed by atoms with E-state index >= 15 is 4.39 Å². The third-order valence-corrected chi connectivity index (χ3v) is 9.33. The van der Waals surface area contributed by atoms with Gasteiger partial charge in [-0.05, 0) is 79.3 Å². The molecule has 8 rings (SSSR count). The summed E-state index contributed by atoms with van der Waals surface area (Å²) in [4.78, 5) is 18.2. The number of carbonyl (C=O) groups excluding carboxylic acids is 1. The van der Waals surface area contributed by atoms with Gasteiger partial charge in [-0.3, -0.25) is 9.20 Å². The van der Waals surface area contributed by atoms with Gasteiger partial charge >= 0.3 is 0 Å². The number of amides is 1. The van der Waals surface area contributed by atoms with Gasteiger partial charge in [0.2, 0.25) is 0 Å². The van der Waals surface area contributed by atoms with Crippen molar-refractivity contribution in [2.75, 3.05) is 13.2 Å². The van der Waals surface area contributed by atoms with E-state index in [1.165, 1.54) is 11.3 Å². The number of halogens is 1. The number of nitrogens with zero attached hydrogens (tertiary/aromatic N) is 2. The minimum atomic E-state index is -0.233. The fraction of sp³-hybridized carbons (Fsp3) is 0.407. The van der Waals surface area contributed by atoms with Gasteiger partial charge in [0.25, 0.3) is 5.91 Å². The van der Waals surface area contributed by atoms with Crippen molar-refractivity contribution in [1.82, 2.24) is 14.7 Å². The van der Waals surface area contributed by atoms with Crippen LogP contribution >= 0.6 is 11.3 Å². The molecule has 6 nitrogen and oxygen atoms in total. The van der Waals surface area contributed by atoms with E-state index in [2.05, 4.69) is 11.4 Å². The molecule has 1 amide bonds. The van der Waals surface area contributed by atoms with Gasteiger partial charge in [0.05, 0.1) is 15.9 Å². The number of nitrogens with one attached hydrogen (secondary N) is 1. The number of aromatic nitrogens is 2. The number of ether oxygens (including phenoxy) is 1. The van der Waals surface area contributed by atoms with Gasteiger partial charge in [-0.25, -0.2) is 9.37 Å². The van der Waals surface area contributed by atoms with E-state index in [1.54, 1.807) is 6.07 Å². The van der Waals surface area contributed by atoms with Crippen molar-refractivity contribution < 1.29 is 13.9 Å². The van der Waals surface area contributed by atoms with Crippen molar-refractivity contribution in [2.45, 2.75) is 49.6 Å². The van der Waals surface area contributed by atoms with Crippen molar-refractivity contribution in [2.24, 2.45) is 11.7 Å². The van der Waals surface area contributed by atoms with Crippen LogP contribution in [-0.4, -0.2) is 40.6 Å². The molecule has 3 aliphatic carbocycles. The van der Waals surface area contributed by atoms with Gasteiger partial charge in [-0.2, -0.15) is 0 Å². The summed E-state index contributed by atoms with van der Waals surface area (Å²) in [5, 5.41) is 3.11. The maximum atomic E-state index is 15.2. The molecule has 3 heterocycles. The van der Waals surface area contributed by atoms with Crippen LogP contribution in [0.25, 0.3) is 26.4 Å². The molecule has 3 saturated carbocycles. The Labute approximate surface area is 206 Å². The summed E-state index contributed by atoms with van der Waals surface area (Å²) in [6.07, 6.45) is 6.68. The lowest BCUT2D eigenvalue weighted by Gasteiger charge is -2.39. The van der Waals surface area contributed by atoms with Gasteiger partial charge < -0.3 is 15.8 Å². The van der Waals surface area contributed by atoms with Crippen LogP contribution in [0.3, 0.4) is 0 Å². The van der Waals surface area contributed by atoms with Crippen molar-refractivity contribution in [3.8, 4) is 11.3 Å². The van der Waals surface area contributed by atoms with Crippen molar-refractivity contribution >= 4 is 32.4 Å². The highest BCUT2D eigenvalue weighted by atomic mass is 32.1. The van der Waals surface area contributed by atoms with E-state index in [9.17, 15) is 4.79 Å². The number of rotatable bonds is 4. The van der Waals surface area contributed by atoms with Gasteiger partial charge in [-0.1, -0.05) is 17.4 Å². The zero-order valence-electron chi connectivity index (χ0n) is 19.3. The maximum Gasteiger partial charge on any atom is 0.251 e. The molecular formula is C27H27FN4O2S. The summed E-state index contributed by atoms with van der Waals surface area (Å²) in [5.41, 5.74) is 10.1. The van der Waals surface area contributed by atoms with Gasteiger partial charge in [-0.15, -0.1) is 0 Å². The first kappa shape index (κ1) is 21.5. The number of benzene rings is 2. The predicted octanol–water partition coefficient (Wildman–Crippen LogP) is 4.64. The Morgan fingerprint density at radius 1 is 1.17 bits per heavy atom. The smallest absolute Gasteiger partial charge is 0.251 e. The van der Waals surface area contributed by atoms with Crippen molar-refractivity contribution in [3.63, 3.8) is 0 Å². The molecule has 3 N–H and O–H groups in total. The molecule has 2 aromatic carbocycles. The molecule has 4 fully saturated rings. The molecule has 2 bridgehead atoms. The number of hydrogen-bond donors (Lipinski definition) is 2. The third kappa shape index (κ3) is 3.42. The number of hydrogen-bond acceptors (Lipinski definition) is 5. The number of imidazole rings is 1. The lowest BCUT2D eigenvalue weighted by molar-refractivity contribution is 0.0696. The van der Waals surface area contributed by atoms with E-state index < -0.39 is 0 Å².